The van der Waals surface area contributed by atoms with Gasteiger partial charge in [-0.3, -0.25) is 4.79 Å². The average molecular weight is 285 g/mol. The van der Waals surface area contributed by atoms with E-state index in [0.29, 0.717) is 10.8 Å². The highest BCUT2D eigenvalue weighted by Crippen LogP contribution is 2.26. The van der Waals surface area contributed by atoms with E-state index < -0.39 is 0 Å². The van der Waals surface area contributed by atoms with Gasteiger partial charge in [-0.05, 0) is 31.5 Å². The number of carbonyl (C=O) groups is 1. The smallest absolute Gasteiger partial charge is 0.230 e. The molecule has 1 amide bonds. The molecule has 5 heteroatoms. The second-order valence-corrected chi connectivity index (χ2v) is 5.75. The number of amides is 1. The lowest BCUT2D eigenvalue weighted by Crippen LogP contribution is -2.46. The third kappa shape index (κ3) is 4.19. The first kappa shape index (κ1) is 13.7. The molecular formula is C13H17ClN2OS. The van der Waals surface area contributed by atoms with Crippen LogP contribution in [0.3, 0.4) is 0 Å². The minimum Gasteiger partial charge on any atom is -0.351 e. The van der Waals surface area contributed by atoms with E-state index in [2.05, 4.69) is 10.6 Å². The second-order valence-electron chi connectivity index (χ2n) is 4.33. The van der Waals surface area contributed by atoms with E-state index >= 15 is 0 Å². The highest BCUT2D eigenvalue weighted by atomic mass is 35.5. The van der Waals surface area contributed by atoms with Crippen LogP contribution in [0.15, 0.2) is 29.2 Å². The van der Waals surface area contributed by atoms with Gasteiger partial charge >= 0.3 is 0 Å². The Morgan fingerprint density at radius 3 is 3.06 bits per heavy atom. The molecule has 1 atom stereocenters. The molecular weight excluding hydrogens is 268 g/mol. The molecule has 1 aliphatic rings. The van der Waals surface area contributed by atoms with Crippen molar-refractivity contribution < 1.29 is 4.79 Å². The molecule has 0 aromatic heterocycles. The van der Waals surface area contributed by atoms with E-state index in [4.69, 9.17) is 11.6 Å². The molecule has 3 nitrogen and oxygen atoms in total. The number of rotatable bonds is 4. The minimum absolute atomic E-state index is 0.0774. The summed E-state index contributed by atoms with van der Waals surface area (Å²) in [7, 11) is 0. The van der Waals surface area contributed by atoms with Crippen LogP contribution in [0.4, 0.5) is 0 Å². The van der Waals surface area contributed by atoms with Crippen molar-refractivity contribution in [1.29, 1.82) is 0 Å². The summed E-state index contributed by atoms with van der Waals surface area (Å²) in [5.41, 5.74) is 0. The fourth-order valence-electron chi connectivity index (χ4n) is 1.95. The zero-order valence-corrected chi connectivity index (χ0v) is 11.7. The SMILES string of the molecule is O=C(CSc1ccccc1Cl)NC1CCCNC1. The van der Waals surface area contributed by atoms with Crippen LogP contribution >= 0.6 is 23.4 Å². The number of carbonyl (C=O) groups excluding carboxylic acids is 1. The van der Waals surface area contributed by atoms with E-state index in [0.717, 1.165) is 30.8 Å². The molecule has 2 rings (SSSR count). The number of thioether (sulfide) groups is 1. The Balaban J connectivity index is 1.76. The summed E-state index contributed by atoms with van der Waals surface area (Å²) in [5, 5.41) is 7.03. The van der Waals surface area contributed by atoms with Crippen LogP contribution in [-0.2, 0) is 4.79 Å². The van der Waals surface area contributed by atoms with Gasteiger partial charge < -0.3 is 10.6 Å². The van der Waals surface area contributed by atoms with Crippen LogP contribution in [0.2, 0.25) is 5.02 Å². The molecule has 1 heterocycles. The maximum Gasteiger partial charge on any atom is 0.230 e. The van der Waals surface area contributed by atoms with Crippen LogP contribution < -0.4 is 10.6 Å². The number of hydrogen-bond acceptors (Lipinski definition) is 3. The molecule has 0 spiro atoms. The molecule has 0 radical (unpaired) electrons. The Hall–Kier alpha value is -0.710. The van der Waals surface area contributed by atoms with E-state index in [9.17, 15) is 4.79 Å². The van der Waals surface area contributed by atoms with Gasteiger partial charge in [-0.2, -0.15) is 0 Å². The fourth-order valence-corrected chi connectivity index (χ4v) is 3.00. The zero-order chi connectivity index (χ0) is 12.8. The van der Waals surface area contributed by atoms with Crippen LogP contribution in [-0.4, -0.2) is 30.8 Å². The summed E-state index contributed by atoms with van der Waals surface area (Å²) in [4.78, 5) is 12.7. The predicted molar refractivity (Wildman–Crippen MR) is 76.2 cm³/mol. The van der Waals surface area contributed by atoms with Gasteiger partial charge in [0.05, 0.1) is 10.8 Å². The topological polar surface area (TPSA) is 41.1 Å². The number of piperidine rings is 1. The molecule has 1 unspecified atom stereocenters. The molecule has 2 N–H and O–H groups in total. The molecule has 98 valence electrons. The first-order valence-corrected chi connectivity index (χ1v) is 7.49. The number of hydrogen-bond donors (Lipinski definition) is 2. The maximum absolute atomic E-state index is 11.8. The van der Waals surface area contributed by atoms with Gasteiger partial charge in [0.15, 0.2) is 0 Å². The van der Waals surface area contributed by atoms with Crippen molar-refractivity contribution in [2.75, 3.05) is 18.8 Å². The van der Waals surface area contributed by atoms with Crippen molar-refractivity contribution in [3.05, 3.63) is 29.3 Å². The zero-order valence-electron chi connectivity index (χ0n) is 10.1. The highest BCUT2D eigenvalue weighted by molar-refractivity contribution is 8.00. The van der Waals surface area contributed by atoms with Crippen LogP contribution in [0.5, 0.6) is 0 Å². The van der Waals surface area contributed by atoms with Crippen molar-refractivity contribution in [1.82, 2.24) is 10.6 Å². The first-order valence-electron chi connectivity index (χ1n) is 6.13. The third-order valence-corrected chi connectivity index (χ3v) is 4.37. The van der Waals surface area contributed by atoms with Gasteiger partial charge in [0, 0.05) is 17.5 Å². The number of nitrogens with one attached hydrogen (secondary N) is 2. The van der Waals surface area contributed by atoms with Crippen LogP contribution in [0.1, 0.15) is 12.8 Å². The largest absolute Gasteiger partial charge is 0.351 e. The van der Waals surface area contributed by atoms with Crippen molar-refractivity contribution in [2.24, 2.45) is 0 Å². The molecule has 1 aromatic rings. The Labute approximate surface area is 117 Å². The molecule has 0 bridgehead atoms. The Morgan fingerprint density at radius 2 is 2.33 bits per heavy atom. The summed E-state index contributed by atoms with van der Waals surface area (Å²) in [6.45, 7) is 1.93. The van der Waals surface area contributed by atoms with Gasteiger partial charge in [0.1, 0.15) is 0 Å². The predicted octanol–water partition coefficient (Wildman–Crippen LogP) is 2.30. The van der Waals surface area contributed by atoms with Crippen molar-refractivity contribution in [3.63, 3.8) is 0 Å². The van der Waals surface area contributed by atoms with Gasteiger partial charge in [-0.15, -0.1) is 11.8 Å². The molecule has 1 aromatic carbocycles. The van der Waals surface area contributed by atoms with Crippen molar-refractivity contribution in [3.8, 4) is 0 Å². The lowest BCUT2D eigenvalue weighted by Gasteiger charge is -2.23. The van der Waals surface area contributed by atoms with E-state index in [1.807, 2.05) is 24.3 Å². The third-order valence-electron chi connectivity index (χ3n) is 2.86. The van der Waals surface area contributed by atoms with Crippen LogP contribution in [0.25, 0.3) is 0 Å². The van der Waals surface area contributed by atoms with Crippen molar-refractivity contribution in [2.45, 2.75) is 23.8 Å². The Morgan fingerprint density at radius 1 is 1.50 bits per heavy atom. The Kier molecular flexibility index (Phi) is 5.35. The molecule has 0 aliphatic carbocycles. The highest BCUT2D eigenvalue weighted by Gasteiger charge is 2.15. The van der Waals surface area contributed by atoms with E-state index in [-0.39, 0.29) is 11.9 Å². The summed E-state index contributed by atoms with van der Waals surface area (Å²) >= 11 is 7.52. The monoisotopic (exact) mass is 284 g/mol. The number of benzene rings is 1. The minimum atomic E-state index is 0.0774. The quantitative estimate of drug-likeness (QED) is 0.834. The fraction of sp³-hybridized carbons (Fsp3) is 0.462. The van der Waals surface area contributed by atoms with Crippen molar-refractivity contribution >= 4 is 29.3 Å². The average Bonchev–Trinajstić information content (AvgIpc) is 2.39. The molecule has 1 fully saturated rings. The summed E-state index contributed by atoms with van der Waals surface area (Å²) in [6, 6.07) is 7.87. The second kappa shape index (κ2) is 7.02. The van der Waals surface area contributed by atoms with Gasteiger partial charge in [0.25, 0.3) is 0 Å². The molecule has 18 heavy (non-hydrogen) atoms. The molecule has 0 saturated carbocycles. The van der Waals surface area contributed by atoms with Gasteiger partial charge in [0.2, 0.25) is 5.91 Å². The Bertz CT molecular complexity index is 408. The van der Waals surface area contributed by atoms with Gasteiger partial charge in [-0.1, -0.05) is 23.7 Å². The lowest BCUT2D eigenvalue weighted by molar-refractivity contribution is -0.119. The normalized spacial score (nSPS) is 19.5. The van der Waals surface area contributed by atoms with E-state index in [1.54, 1.807) is 0 Å². The maximum atomic E-state index is 11.8. The number of halogens is 1. The standard InChI is InChI=1S/C13H17ClN2OS/c14-11-5-1-2-6-12(11)18-9-13(17)16-10-4-3-7-15-8-10/h1-2,5-6,10,15H,3-4,7-9H2,(H,16,17). The molecule has 1 aliphatic heterocycles. The first-order chi connectivity index (χ1) is 8.75. The lowest BCUT2D eigenvalue weighted by atomic mass is 10.1. The summed E-state index contributed by atoms with van der Waals surface area (Å²) < 4.78 is 0. The summed E-state index contributed by atoms with van der Waals surface area (Å²) in [5.74, 6) is 0.494. The molecule has 1 saturated heterocycles. The van der Waals surface area contributed by atoms with Crippen LogP contribution in [0, 0.1) is 0 Å². The van der Waals surface area contributed by atoms with Gasteiger partial charge in [-0.25, -0.2) is 0 Å². The summed E-state index contributed by atoms with van der Waals surface area (Å²) in [6.07, 6.45) is 2.19. The van der Waals surface area contributed by atoms with E-state index in [1.165, 1.54) is 11.8 Å².